The van der Waals surface area contributed by atoms with Gasteiger partial charge in [-0.3, -0.25) is 9.55 Å². The van der Waals surface area contributed by atoms with E-state index in [1.807, 2.05) is 41.3 Å². The predicted octanol–water partition coefficient (Wildman–Crippen LogP) is 5.31. The van der Waals surface area contributed by atoms with Crippen LogP contribution in [0.15, 0.2) is 47.3 Å². The Morgan fingerprint density at radius 3 is 2.75 bits per heavy atom. The molecule has 3 aromatic heterocycles. The molecule has 2 aliphatic carbocycles. The number of nitrogens with zero attached hydrogens (tertiary/aromatic N) is 4. The summed E-state index contributed by atoms with van der Waals surface area (Å²) in [5.41, 5.74) is 1.24. The third kappa shape index (κ3) is 3.13. The fourth-order valence-electron chi connectivity index (χ4n) is 5.37. The lowest BCUT2D eigenvalue weighted by molar-refractivity contribution is 0.241. The van der Waals surface area contributed by atoms with E-state index in [4.69, 9.17) is 21.7 Å². The molecule has 5 nitrogen and oxygen atoms in total. The Morgan fingerprint density at radius 1 is 1.21 bits per heavy atom. The SMILES string of the molecule is C[C@@H](C1CC2CCC1C2)n1c(-c2ccco2)nn(CCc2ccncc2)c1=S. The molecular formula is C22H26N4OS. The summed E-state index contributed by atoms with van der Waals surface area (Å²) in [6.07, 6.45) is 11.8. The van der Waals surface area contributed by atoms with E-state index in [0.29, 0.717) is 12.0 Å². The molecule has 3 unspecified atom stereocenters. The van der Waals surface area contributed by atoms with Gasteiger partial charge in [-0.2, -0.15) is 0 Å². The Labute approximate surface area is 170 Å². The molecule has 0 radical (unpaired) electrons. The minimum absolute atomic E-state index is 0.345. The van der Waals surface area contributed by atoms with E-state index in [1.54, 1.807) is 6.26 Å². The van der Waals surface area contributed by atoms with Crippen molar-refractivity contribution in [2.45, 2.75) is 51.6 Å². The number of hydrogen-bond acceptors (Lipinski definition) is 4. The number of aromatic nitrogens is 4. The highest BCUT2D eigenvalue weighted by molar-refractivity contribution is 7.71. The molecule has 0 spiro atoms. The fourth-order valence-corrected chi connectivity index (χ4v) is 5.75. The number of hydrogen-bond donors (Lipinski definition) is 0. The van der Waals surface area contributed by atoms with Gasteiger partial charge in [-0.25, -0.2) is 4.68 Å². The van der Waals surface area contributed by atoms with E-state index in [0.717, 1.165) is 41.2 Å². The van der Waals surface area contributed by atoms with Gasteiger partial charge < -0.3 is 4.42 Å². The average molecular weight is 395 g/mol. The Hall–Kier alpha value is -2.21. The van der Waals surface area contributed by atoms with Crippen molar-refractivity contribution in [1.29, 1.82) is 0 Å². The molecule has 2 aliphatic rings. The number of aryl methyl sites for hydroxylation is 2. The first-order valence-electron chi connectivity index (χ1n) is 10.3. The van der Waals surface area contributed by atoms with Gasteiger partial charge in [-0.15, -0.1) is 5.10 Å². The number of fused-ring (bicyclic) bond motifs is 2. The van der Waals surface area contributed by atoms with Crippen molar-refractivity contribution in [2.24, 2.45) is 17.8 Å². The van der Waals surface area contributed by atoms with E-state index in [2.05, 4.69) is 16.5 Å². The van der Waals surface area contributed by atoms with Gasteiger partial charge >= 0.3 is 0 Å². The van der Waals surface area contributed by atoms with Crippen LogP contribution in [-0.2, 0) is 13.0 Å². The van der Waals surface area contributed by atoms with Crippen molar-refractivity contribution < 1.29 is 4.42 Å². The number of pyridine rings is 1. The van der Waals surface area contributed by atoms with Gasteiger partial charge in [0, 0.05) is 25.0 Å². The summed E-state index contributed by atoms with van der Waals surface area (Å²) in [4.78, 5) is 4.10. The maximum Gasteiger partial charge on any atom is 0.198 e. The van der Waals surface area contributed by atoms with Crippen molar-refractivity contribution in [3.05, 3.63) is 53.3 Å². The highest BCUT2D eigenvalue weighted by atomic mass is 32.1. The molecule has 146 valence electrons. The van der Waals surface area contributed by atoms with Crippen LogP contribution in [0.5, 0.6) is 0 Å². The van der Waals surface area contributed by atoms with Crippen molar-refractivity contribution in [1.82, 2.24) is 19.3 Å². The second-order valence-electron chi connectivity index (χ2n) is 8.36. The molecule has 2 fully saturated rings. The van der Waals surface area contributed by atoms with E-state index < -0.39 is 0 Å². The minimum Gasteiger partial charge on any atom is -0.461 e. The molecule has 3 aromatic rings. The first-order valence-corrected chi connectivity index (χ1v) is 10.7. The average Bonchev–Trinajstić information content (AvgIpc) is 3.51. The maximum atomic E-state index is 5.91. The van der Waals surface area contributed by atoms with Crippen molar-refractivity contribution in [3.8, 4) is 11.6 Å². The maximum absolute atomic E-state index is 5.91. The largest absolute Gasteiger partial charge is 0.461 e. The molecule has 0 amide bonds. The third-order valence-corrected chi connectivity index (χ3v) is 7.20. The second-order valence-corrected chi connectivity index (χ2v) is 8.73. The smallest absolute Gasteiger partial charge is 0.198 e. The Morgan fingerprint density at radius 2 is 2.07 bits per heavy atom. The van der Waals surface area contributed by atoms with Crippen LogP contribution in [0.4, 0.5) is 0 Å². The zero-order valence-corrected chi connectivity index (χ0v) is 17.0. The van der Waals surface area contributed by atoms with Crippen LogP contribution in [0.25, 0.3) is 11.6 Å². The standard InChI is InChI=1S/C22H26N4OS/c1-15(19-14-17-4-5-18(19)13-17)26-21(20-3-2-12-27-20)24-25(22(26)28)11-8-16-6-9-23-10-7-16/h2-3,6-7,9-10,12,15,17-19H,4-5,8,11,13-14H2,1H3/t15-,17?,18?,19?/m0/s1. The summed E-state index contributed by atoms with van der Waals surface area (Å²) in [5.74, 6) is 4.10. The van der Waals surface area contributed by atoms with Crippen LogP contribution < -0.4 is 0 Å². The molecule has 28 heavy (non-hydrogen) atoms. The van der Waals surface area contributed by atoms with Crippen LogP contribution in [0.2, 0.25) is 0 Å². The van der Waals surface area contributed by atoms with Gasteiger partial charge in [0.25, 0.3) is 0 Å². The van der Waals surface area contributed by atoms with E-state index in [1.165, 1.54) is 31.2 Å². The summed E-state index contributed by atoms with van der Waals surface area (Å²) in [5, 5.41) is 4.89. The molecular weight excluding hydrogens is 368 g/mol. The summed E-state index contributed by atoms with van der Waals surface area (Å²) in [6.45, 7) is 3.08. The van der Waals surface area contributed by atoms with Gasteiger partial charge in [0.05, 0.1) is 6.26 Å². The fraction of sp³-hybridized carbons (Fsp3) is 0.500. The van der Waals surface area contributed by atoms with E-state index in [9.17, 15) is 0 Å². The predicted molar refractivity (Wildman–Crippen MR) is 110 cm³/mol. The van der Waals surface area contributed by atoms with Crippen LogP contribution in [0, 0.1) is 22.5 Å². The van der Waals surface area contributed by atoms with E-state index in [-0.39, 0.29) is 0 Å². The second kappa shape index (κ2) is 7.32. The molecule has 0 aromatic carbocycles. The van der Waals surface area contributed by atoms with Crippen LogP contribution >= 0.6 is 12.2 Å². The monoisotopic (exact) mass is 394 g/mol. The molecule has 2 bridgehead atoms. The molecule has 4 atom stereocenters. The highest BCUT2D eigenvalue weighted by Gasteiger charge is 2.43. The highest BCUT2D eigenvalue weighted by Crippen LogP contribution is 2.52. The molecule has 2 saturated carbocycles. The summed E-state index contributed by atoms with van der Waals surface area (Å²) < 4.78 is 10.7. The van der Waals surface area contributed by atoms with Crippen molar-refractivity contribution >= 4 is 12.2 Å². The van der Waals surface area contributed by atoms with Crippen molar-refractivity contribution in [3.63, 3.8) is 0 Å². The molecule has 6 heteroatoms. The van der Waals surface area contributed by atoms with E-state index >= 15 is 0 Å². The van der Waals surface area contributed by atoms with Gasteiger partial charge in [0.1, 0.15) is 0 Å². The van der Waals surface area contributed by atoms with Crippen molar-refractivity contribution in [2.75, 3.05) is 0 Å². The molecule has 3 heterocycles. The van der Waals surface area contributed by atoms with Gasteiger partial charge in [0.2, 0.25) is 0 Å². The lowest BCUT2D eigenvalue weighted by atomic mass is 9.84. The number of furan rings is 1. The summed E-state index contributed by atoms with van der Waals surface area (Å²) >= 11 is 5.91. The summed E-state index contributed by atoms with van der Waals surface area (Å²) in [6, 6.07) is 8.34. The lowest BCUT2D eigenvalue weighted by Gasteiger charge is -2.29. The first-order chi connectivity index (χ1) is 13.7. The van der Waals surface area contributed by atoms with Crippen LogP contribution in [0.3, 0.4) is 0 Å². The van der Waals surface area contributed by atoms with Gasteiger partial charge in [-0.1, -0.05) is 6.42 Å². The molecule has 0 aliphatic heterocycles. The zero-order valence-electron chi connectivity index (χ0n) is 16.2. The molecule has 0 saturated heterocycles. The van der Waals surface area contributed by atoms with Crippen LogP contribution in [-0.4, -0.2) is 19.3 Å². The Kier molecular flexibility index (Phi) is 4.67. The topological polar surface area (TPSA) is 48.8 Å². The number of rotatable bonds is 6. The Bertz CT molecular complexity index is 991. The lowest BCUT2D eigenvalue weighted by Crippen LogP contribution is -2.23. The Balaban J connectivity index is 1.48. The molecule has 5 rings (SSSR count). The third-order valence-electron chi connectivity index (χ3n) is 6.79. The van der Waals surface area contributed by atoms with Gasteiger partial charge in [0.15, 0.2) is 16.4 Å². The molecule has 0 N–H and O–H groups in total. The van der Waals surface area contributed by atoms with Crippen LogP contribution in [0.1, 0.15) is 44.2 Å². The summed E-state index contributed by atoms with van der Waals surface area (Å²) in [7, 11) is 0. The van der Waals surface area contributed by atoms with Gasteiger partial charge in [-0.05, 0) is 92.4 Å². The first kappa shape index (κ1) is 17.9. The quantitative estimate of drug-likeness (QED) is 0.532. The zero-order chi connectivity index (χ0) is 19.1. The minimum atomic E-state index is 0.345. The normalized spacial score (nSPS) is 24.7.